The number of piperazine rings is 1. The number of rotatable bonds is 4. The zero-order chi connectivity index (χ0) is 23.4. The molecular weight excluding hydrogens is 453 g/mol. The van der Waals surface area contributed by atoms with Crippen LogP contribution in [0.25, 0.3) is 10.2 Å². The van der Waals surface area contributed by atoms with Gasteiger partial charge in [0.1, 0.15) is 0 Å². The maximum atomic E-state index is 14.7. The van der Waals surface area contributed by atoms with Gasteiger partial charge in [0.15, 0.2) is 5.13 Å². The third kappa shape index (κ3) is 3.66. The first-order valence-corrected chi connectivity index (χ1v) is 11.4. The molecule has 2 fully saturated rings. The van der Waals surface area contributed by atoms with Crippen LogP contribution >= 0.6 is 11.3 Å². The molecule has 0 bridgehead atoms. The minimum atomic E-state index is -4.86. The fourth-order valence-electron chi connectivity index (χ4n) is 4.98. The number of aromatic nitrogens is 1. The van der Waals surface area contributed by atoms with Crippen LogP contribution < -0.4 is 11.1 Å². The second kappa shape index (κ2) is 7.68. The van der Waals surface area contributed by atoms with Crippen LogP contribution in [-0.4, -0.2) is 47.2 Å². The number of amides is 1. The highest BCUT2D eigenvalue weighted by Gasteiger charge is 2.69. The number of hydrogen-bond donors (Lipinski definition) is 2. The highest BCUT2D eigenvalue weighted by Crippen LogP contribution is 2.49. The van der Waals surface area contributed by atoms with Crippen molar-refractivity contribution in [1.82, 2.24) is 15.2 Å². The Kier molecular flexibility index (Phi) is 5.15. The van der Waals surface area contributed by atoms with Gasteiger partial charge in [0, 0.05) is 19.1 Å². The lowest BCUT2D eigenvalue weighted by Gasteiger charge is -2.58. The molecule has 1 aliphatic carbocycles. The number of nitrogens with one attached hydrogen (secondary N) is 1. The smallest absolute Gasteiger partial charge is 0.375 e. The SMILES string of the molecule is CN1CC2(CC(OCc3ccccc3)C2)NC(c2ccc3nc(N)sc3c2)(C(F)(F)F)C1=O. The molecule has 10 heteroatoms. The zero-order valence-electron chi connectivity index (χ0n) is 17.9. The van der Waals surface area contributed by atoms with Crippen LogP contribution in [0.1, 0.15) is 24.0 Å². The lowest BCUT2D eigenvalue weighted by molar-refractivity contribution is -0.231. The van der Waals surface area contributed by atoms with Gasteiger partial charge in [-0.25, -0.2) is 4.98 Å². The Labute approximate surface area is 192 Å². The van der Waals surface area contributed by atoms with Gasteiger partial charge in [-0.15, -0.1) is 0 Å². The predicted molar refractivity (Wildman–Crippen MR) is 120 cm³/mol. The van der Waals surface area contributed by atoms with Crippen LogP contribution in [0.3, 0.4) is 0 Å². The van der Waals surface area contributed by atoms with Crippen molar-refractivity contribution in [2.24, 2.45) is 0 Å². The molecule has 174 valence electrons. The summed E-state index contributed by atoms with van der Waals surface area (Å²) >= 11 is 1.09. The van der Waals surface area contributed by atoms with E-state index in [9.17, 15) is 18.0 Å². The molecule has 2 heterocycles. The van der Waals surface area contributed by atoms with E-state index in [1.54, 1.807) is 0 Å². The molecule has 1 aromatic heterocycles. The molecule has 1 saturated heterocycles. The molecule has 1 saturated carbocycles. The second-order valence-corrected chi connectivity index (χ2v) is 9.94. The zero-order valence-corrected chi connectivity index (χ0v) is 18.7. The van der Waals surface area contributed by atoms with Crippen molar-refractivity contribution in [2.75, 3.05) is 19.3 Å². The summed E-state index contributed by atoms with van der Waals surface area (Å²) in [5.41, 5.74) is 3.34. The number of thiazole rings is 1. The van der Waals surface area contributed by atoms with Gasteiger partial charge in [0.2, 0.25) is 5.54 Å². The first-order chi connectivity index (χ1) is 15.6. The number of nitrogen functional groups attached to an aromatic ring is 1. The topological polar surface area (TPSA) is 80.5 Å². The highest BCUT2D eigenvalue weighted by molar-refractivity contribution is 7.22. The molecule has 1 atom stereocenters. The third-order valence-electron chi connectivity index (χ3n) is 6.49. The van der Waals surface area contributed by atoms with Crippen LogP contribution in [0.2, 0.25) is 0 Å². The number of carbonyl (C=O) groups is 1. The second-order valence-electron chi connectivity index (χ2n) is 8.88. The molecule has 1 aliphatic heterocycles. The molecule has 2 aliphatic rings. The van der Waals surface area contributed by atoms with E-state index in [1.807, 2.05) is 30.3 Å². The predicted octanol–water partition coefficient (Wildman–Crippen LogP) is 3.82. The quantitative estimate of drug-likeness (QED) is 0.599. The summed E-state index contributed by atoms with van der Waals surface area (Å²) in [5, 5.41) is 3.03. The normalized spacial score (nSPS) is 27.8. The van der Waals surface area contributed by atoms with E-state index in [0.717, 1.165) is 16.9 Å². The number of benzene rings is 2. The summed E-state index contributed by atoms with van der Waals surface area (Å²) < 4.78 is 50.5. The number of ether oxygens (including phenoxy) is 1. The molecule has 3 aromatic rings. The summed E-state index contributed by atoms with van der Waals surface area (Å²) in [6.07, 6.45) is -4.28. The van der Waals surface area contributed by atoms with Gasteiger partial charge in [-0.2, -0.15) is 13.2 Å². The van der Waals surface area contributed by atoms with Crippen LogP contribution in [0.4, 0.5) is 18.3 Å². The van der Waals surface area contributed by atoms with Gasteiger partial charge in [0.05, 0.1) is 22.9 Å². The van der Waals surface area contributed by atoms with Gasteiger partial charge < -0.3 is 15.4 Å². The Morgan fingerprint density at radius 2 is 1.97 bits per heavy atom. The summed E-state index contributed by atoms with van der Waals surface area (Å²) in [6, 6.07) is 13.8. The molecule has 3 N–H and O–H groups in total. The number of alkyl halides is 3. The molecule has 6 nitrogen and oxygen atoms in total. The number of likely N-dealkylation sites (N-methyl/N-ethyl adjacent to an activating group) is 1. The van der Waals surface area contributed by atoms with E-state index in [1.165, 1.54) is 30.1 Å². The van der Waals surface area contributed by atoms with Crippen molar-refractivity contribution in [3.8, 4) is 0 Å². The fraction of sp³-hybridized carbons (Fsp3) is 0.391. The Morgan fingerprint density at radius 1 is 1.24 bits per heavy atom. The van der Waals surface area contributed by atoms with Crippen molar-refractivity contribution in [2.45, 2.75) is 42.8 Å². The highest BCUT2D eigenvalue weighted by atomic mass is 32.1. The molecule has 33 heavy (non-hydrogen) atoms. The summed E-state index contributed by atoms with van der Waals surface area (Å²) in [7, 11) is 1.42. The van der Waals surface area contributed by atoms with Gasteiger partial charge in [-0.3, -0.25) is 10.1 Å². The lowest BCUT2D eigenvalue weighted by atomic mass is 9.68. The molecular formula is C23H23F3N4O2S. The summed E-state index contributed by atoms with van der Waals surface area (Å²) in [5.74, 6) is -1.02. The molecule has 1 spiro atoms. The number of halogens is 3. The van der Waals surface area contributed by atoms with Gasteiger partial charge in [-0.05, 0) is 36.1 Å². The van der Waals surface area contributed by atoms with Crippen molar-refractivity contribution in [1.29, 1.82) is 0 Å². The van der Waals surface area contributed by atoms with Gasteiger partial charge in [0.25, 0.3) is 5.91 Å². The van der Waals surface area contributed by atoms with E-state index in [0.29, 0.717) is 29.7 Å². The number of fused-ring (bicyclic) bond motifs is 1. The largest absolute Gasteiger partial charge is 0.419 e. The summed E-state index contributed by atoms with van der Waals surface area (Å²) in [6.45, 7) is 0.578. The number of nitrogens with zero attached hydrogens (tertiary/aromatic N) is 2. The minimum Gasteiger partial charge on any atom is -0.375 e. The maximum Gasteiger partial charge on any atom is 0.419 e. The van der Waals surface area contributed by atoms with Crippen LogP contribution in [-0.2, 0) is 21.7 Å². The fourth-order valence-corrected chi connectivity index (χ4v) is 5.75. The van der Waals surface area contributed by atoms with E-state index in [-0.39, 0.29) is 23.3 Å². The Balaban J connectivity index is 1.44. The van der Waals surface area contributed by atoms with E-state index in [2.05, 4.69) is 10.3 Å². The number of anilines is 1. The first-order valence-electron chi connectivity index (χ1n) is 10.6. The molecule has 1 amide bonds. The minimum absolute atomic E-state index is 0.157. The van der Waals surface area contributed by atoms with Crippen LogP contribution in [0, 0.1) is 0 Å². The van der Waals surface area contributed by atoms with Crippen LogP contribution in [0.15, 0.2) is 48.5 Å². The standard InChI is InChI=1S/C23H23F3N4O2S/c1-30-13-21(10-16(11-21)32-12-14-5-3-2-4-6-14)29-22(19(30)31,23(24,25)26)15-7-8-17-18(9-15)33-20(27)28-17/h2-9,16,29H,10-13H2,1H3,(H2,27,28). The monoisotopic (exact) mass is 476 g/mol. The van der Waals surface area contributed by atoms with Crippen molar-refractivity contribution >= 4 is 32.6 Å². The molecule has 1 unspecified atom stereocenters. The Bertz CT molecular complexity index is 1190. The van der Waals surface area contributed by atoms with Crippen molar-refractivity contribution < 1.29 is 22.7 Å². The van der Waals surface area contributed by atoms with E-state index < -0.39 is 23.2 Å². The summed E-state index contributed by atoms with van der Waals surface area (Å²) in [4.78, 5) is 18.4. The first kappa shape index (κ1) is 22.1. The number of hydrogen-bond acceptors (Lipinski definition) is 6. The van der Waals surface area contributed by atoms with Gasteiger partial charge in [-0.1, -0.05) is 47.7 Å². The average Bonchev–Trinajstić information content (AvgIpc) is 3.12. The van der Waals surface area contributed by atoms with Crippen molar-refractivity contribution in [3.63, 3.8) is 0 Å². The van der Waals surface area contributed by atoms with Crippen molar-refractivity contribution in [3.05, 3.63) is 59.7 Å². The Morgan fingerprint density at radius 3 is 2.67 bits per heavy atom. The Hall–Kier alpha value is -2.69. The van der Waals surface area contributed by atoms with E-state index in [4.69, 9.17) is 10.5 Å². The maximum absolute atomic E-state index is 14.7. The molecule has 5 rings (SSSR count). The third-order valence-corrected chi connectivity index (χ3v) is 7.34. The number of carbonyl (C=O) groups excluding carboxylic acids is 1. The van der Waals surface area contributed by atoms with E-state index >= 15 is 0 Å². The number of nitrogens with two attached hydrogens (primary N) is 1. The van der Waals surface area contributed by atoms with Gasteiger partial charge >= 0.3 is 6.18 Å². The lowest BCUT2D eigenvalue weighted by Crippen LogP contribution is -2.79. The van der Waals surface area contributed by atoms with Crippen LogP contribution in [0.5, 0.6) is 0 Å². The average molecular weight is 477 g/mol. The molecule has 2 aromatic carbocycles. The molecule has 0 radical (unpaired) electrons.